The van der Waals surface area contributed by atoms with Crippen LogP contribution >= 0.6 is 0 Å². The normalized spacial score (nSPS) is 11.5. The standard InChI is InChI=1S/C26H23N9O/c1-35(2)9-10-36-18-11-17(12-28-13-18)20-3-4-21-24(30-20)25(34-33-21)26-31-22-15-29-14-19(23(22)32-26)16-5-7-27-8-6-16/h3-8,11-15H,9-10H2,1-2H3,(H,31,32)(H,33,34). The molecule has 0 saturated heterocycles. The predicted molar refractivity (Wildman–Crippen MR) is 137 cm³/mol. The number of nitrogens with zero attached hydrogens (tertiary/aromatic N) is 7. The molecule has 0 radical (unpaired) electrons. The third kappa shape index (κ3) is 4.14. The van der Waals surface area contributed by atoms with Crippen LogP contribution in [0.2, 0.25) is 0 Å². The van der Waals surface area contributed by atoms with Gasteiger partial charge in [0, 0.05) is 42.5 Å². The average molecular weight is 478 g/mol. The van der Waals surface area contributed by atoms with Crippen molar-refractivity contribution in [3.63, 3.8) is 0 Å². The van der Waals surface area contributed by atoms with Gasteiger partial charge in [-0.1, -0.05) is 0 Å². The highest BCUT2D eigenvalue weighted by Crippen LogP contribution is 2.31. The third-order valence-electron chi connectivity index (χ3n) is 5.83. The van der Waals surface area contributed by atoms with E-state index in [-0.39, 0.29) is 0 Å². The highest BCUT2D eigenvalue weighted by molar-refractivity contribution is 5.95. The summed E-state index contributed by atoms with van der Waals surface area (Å²) in [5.41, 5.74) is 7.33. The van der Waals surface area contributed by atoms with Gasteiger partial charge in [-0.05, 0) is 50.0 Å². The molecule has 6 aromatic rings. The van der Waals surface area contributed by atoms with E-state index in [2.05, 4.69) is 35.0 Å². The smallest absolute Gasteiger partial charge is 0.161 e. The van der Waals surface area contributed by atoms with Crippen LogP contribution in [-0.4, -0.2) is 72.2 Å². The number of aromatic nitrogens is 8. The summed E-state index contributed by atoms with van der Waals surface area (Å²) < 4.78 is 5.85. The Bertz CT molecular complexity index is 1660. The SMILES string of the molecule is CN(C)CCOc1cncc(-c2ccc3[nH]nc(-c4nc5c(-c6ccncc6)cncc5[nH]4)c3n2)c1. The number of pyridine rings is 4. The molecule has 0 unspecified atom stereocenters. The van der Waals surface area contributed by atoms with E-state index in [1.807, 2.05) is 50.6 Å². The summed E-state index contributed by atoms with van der Waals surface area (Å²) in [7, 11) is 4.02. The van der Waals surface area contributed by atoms with Crippen molar-refractivity contribution in [2.45, 2.75) is 0 Å². The number of hydrogen-bond acceptors (Lipinski definition) is 8. The maximum absolute atomic E-state index is 5.85. The molecular formula is C26H23N9O. The number of aromatic amines is 2. The van der Waals surface area contributed by atoms with Crippen molar-refractivity contribution >= 4 is 22.1 Å². The molecule has 0 bridgehead atoms. The monoisotopic (exact) mass is 477 g/mol. The molecule has 0 fully saturated rings. The van der Waals surface area contributed by atoms with E-state index >= 15 is 0 Å². The average Bonchev–Trinajstić information content (AvgIpc) is 3.53. The number of H-pyrrole nitrogens is 2. The highest BCUT2D eigenvalue weighted by Gasteiger charge is 2.17. The van der Waals surface area contributed by atoms with Crippen molar-refractivity contribution in [3.8, 4) is 39.7 Å². The molecule has 6 rings (SSSR count). The number of ether oxygens (including phenoxy) is 1. The Labute approximate surface area is 206 Å². The zero-order valence-corrected chi connectivity index (χ0v) is 19.8. The maximum atomic E-state index is 5.85. The fourth-order valence-corrected chi connectivity index (χ4v) is 4.00. The molecule has 0 saturated carbocycles. The van der Waals surface area contributed by atoms with Gasteiger partial charge in [0.2, 0.25) is 0 Å². The van der Waals surface area contributed by atoms with Crippen LogP contribution < -0.4 is 4.74 Å². The molecule has 0 aromatic carbocycles. The lowest BCUT2D eigenvalue weighted by atomic mass is 10.1. The number of rotatable bonds is 7. The molecule has 0 spiro atoms. The van der Waals surface area contributed by atoms with E-state index < -0.39 is 0 Å². The molecule has 0 atom stereocenters. The topological polar surface area (TPSA) is 121 Å². The minimum atomic E-state index is 0.582. The number of likely N-dealkylation sites (N-methyl/N-ethyl adjacent to an activating group) is 1. The molecule has 2 N–H and O–H groups in total. The Hall–Kier alpha value is -4.70. The molecule has 6 heterocycles. The first-order valence-corrected chi connectivity index (χ1v) is 11.5. The van der Waals surface area contributed by atoms with E-state index in [0.29, 0.717) is 29.4 Å². The summed E-state index contributed by atoms with van der Waals surface area (Å²) >= 11 is 0. The van der Waals surface area contributed by atoms with E-state index in [4.69, 9.17) is 14.7 Å². The molecule has 6 aromatic heterocycles. The van der Waals surface area contributed by atoms with Gasteiger partial charge in [-0.3, -0.25) is 20.1 Å². The molecular weight excluding hydrogens is 454 g/mol. The fraction of sp³-hybridized carbons (Fsp3) is 0.154. The van der Waals surface area contributed by atoms with E-state index in [9.17, 15) is 0 Å². The van der Waals surface area contributed by atoms with E-state index in [0.717, 1.165) is 45.5 Å². The van der Waals surface area contributed by atoms with E-state index in [1.165, 1.54) is 0 Å². The minimum absolute atomic E-state index is 0.582. The quantitative estimate of drug-likeness (QED) is 0.354. The lowest BCUT2D eigenvalue weighted by Crippen LogP contribution is -2.19. The van der Waals surface area contributed by atoms with Crippen molar-refractivity contribution < 1.29 is 4.74 Å². The van der Waals surface area contributed by atoms with Crippen molar-refractivity contribution in [2.24, 2.45) is 0 Å². The number of imidazole rings is 1. The minimum Gasteiger partial charge on any atom is -0.491 e. The molecule has 0 amide bonds. The fourth-order valence-electron chi connectivity index (χ4n) is 4.00. The molecule has 10 heteroatoms. The second-order valence-corrected chi connectivity index (χ2v) is 8.63. The van der Waals surface area contributed by atoms with Gasteiger partial charge in [0.05, 0.1) is 34.6 Å². The van der Waals surface area contributed by atoms with Crippen molar-refractivity contribution in [1.29, 1.82) is 0 Å². The van der Waals surface area contributed by atoms with Crippen molar-refractivity contribution in [3.05, 3.63) is 67.5 Å². The number of hydrogen-bond donors (Lipinski definition) is 2. The molecule has 178 valence electrons. The van der Waals surface area contributed by atoms with Crippen LogP contribution in [0.5, 0.6) is 5.75 Å². The van der Waals surface area contributed by atoms with Crippen molar-refractivity contribution in [1.82, 2.24) is 45.0 Å². The van der Waals surface area contributed by atoms with Crippen LogP contribution in [0.3, 0.4) is 0 Å². The first-order valence-electron chi connectivity index (χ1n) is 11.5. The molecule has 0 aliphatic heterocycles. The summed E-state index contributed by atoms with van der Waals surface area (Å²) in [6.07, 6.45) is 10.6. The van der Waals surface area contributed by atoms with Crippen LogP contribution in [0.25, 0.3) is 56.0 Å². The number of fused-ring (bicyclic) bond motifs is 2. The van der Waals surface area contributed by atoms with Gasteiger partial charge in [0.1, 0.15) is 17.9 Å². The first-order chi connectivity index (χ1) is 17.7. The summed E-state index contributed by atoms with van der Waals surface area (Å²) in [6.45, 7) is 1.40. The van der Waals surface area contributed by atoms with Gasteiger partial charge in [0.15, 0.2) is 11.5 Å². The second-order valence-electron chi connectivity index (χ2n) is 8.63. The lowest BCUT2D eigenvalue weighted by Gasteiger charge is -2.11. The highest BCUT2D eigenvalue weighted by atomic mass is 16.5. The lowest BCUT2D eigenvalue weighted by molar-refractivity contribution is 0.261. The Morgan fingerprint density at radius 3 is 2.56 bits per heavy atom. The Morgan fingerprint density at radius 1 is 0.833 bits per heavy atom. The van der Waals surface area contributed by atoms with Crippen LogP contribution in [0, 0.1) is 0 Å². The van der Waals surface area contributed by atoms with Gasteiger partial charge >= 0.3 is 0 Å². The first kappa shape index (κ1) is 21.8. The van der Waals surface area contributed by atoms with Gasteiger partial charge in [-0.15, -0.1) is 0 Å². The zero-order chi connectivity index (χ0) is 24.5. The van der Waals surface area contributed by atoms with Crippen LogP contribution in [0.1, 0.15) is 0 Å². The van der Waals surface area contributed by atoms with Crippen LogP contribution in [0.15, 0.2) is 67.5 Å². The van der Waals surface area contributed by atoms with Gasteiger partial charge < -0.3 is 14.6 Å². The predicted octanol–water partition coefficient (Wildman–Crippen LogP) is 3.96. The Kier molecular flexibility index (Phi) is 5.55. The maximum Gasteiger partial charge on any atom is 0.161 e. The molecule has 10 nitrogen and oxygen atoms in total. The van der Waals surface area contributed by atoms with E-state index in [1.54, 1.807) is 31.0 Å². The van der Waals surface area contributed by atoms with Gasteiger partial charge in [-0.25, -0.2) is 9.97 Å². The Morgan fingerprint density at radius 2 is 1.69 bits per heavy atom. The molecule has 36 heavy (non-hydrogen) atoms. The molecule has 0 aliphatic carbocycles. The zero-order valence-electron chi connectivity index (χ0n) is 19.8. The van der Waals surface area contributed by atoms with Crippen molar-refractivity contribution in [2.75, 3.05) is 27.2 Å². The summed E-state index contributed by atoms with van der Waals surface area (Å²) in [5, 5.41) is 7.58. The van der Waals surface area contributed by atoms with Gasteiger partial charge in [-0.2, -0.15) is 5.10 Å². The van der Waals surface area contributed by atoms with Gasteiger partial charge in [0.25, 0.3) is 0 Å². The Balaban J connectivity index is 1.38. The summed E-state index contributed by atoms with van der Waals surface area (Å²) in [5.74, 6) is 1.32. The summed E-state index contributed by atoms with van der Waals surface area (Å²) in [4.78, 5) is 28.0. The van der Waals surface area contributed by atoms with Crippen LogP contribution in [-0.2, 0) is 0 Å². The summed E-state index contributed by atoms with van der Waals surface area (Å²) in [6, 6.07) is 9.73. The number of nitrogens with one attached hydrogen (secondary N) is 2. The van der Waals surface area contributed by atoms with Crippen LogP contribution in [0.4, 0.5) is 0 Å². The molecule has 0 aliphatic rings. The second kappa shape index (κ2) is 9.16. The largest absolute Gasteiger partial charge is 0.491 e. The third-order valence-corrected chi connectivity index (χ3v) is 5.83.